The third-order valence-corrected chi connectivity index (χ3v) is 2.25. The molecule has 2 aliphatic carbocycles. The fraction of sp³-hybridized carbons (Fsp3) is 0.545. The normalized spacial score (nSPS) is 19.2. The quantitative estimate of drug-likeness (QED) is 0.609. The molecule has 0 heterocycles. The summed E-state index contributed by atoms with van der Waals surface area (Å²) in [5, 5.41) is 0. The topological polar surface area (TPSA) is 43.1 Å². The van der Waals surface area contributed by atoms with Crippen molar-refractivity contribution in [2.75, 3.05) is 0 Å². The van der Waals surface area contributed by atoms with Crippen LogP contribution >= 0.6 is 0 Å². The van der Waals surface area contributed by atoms with Crippen molar-refractivity contribution in [1.82, 2.24) is 0 Å². The van der Waals surface area contributed by atoms with E-state index in [2.05, 4.69) is 17.9 Å². The van der Waals surface area contributed by atoms with Crippen LogP contribution in [0.2, 0.25) is 0 Å². The van der Waals surface area contributed by atoms with E-state index >= 15 is 0 Å². The van der Waals surface area contributed by atoms with Gasteiger partial charge in [0, 0.05) is 6.92 Å². The SMILES string of the molecule is C1=C2CCCC2=CCC1.CC(N)=O. The fourth-order valence-corrected chi connectivity index (χ4v) is 1.77. The molecule has 0 bridgehead atoms. The van der Waals surface area contributed by atoms with Gasteiger partial charge < -0.3 is 5.73 Å². The Morgan fingerprint density at radius 3 is 2.00 bits per heavy atom. The molecular weight excluding hydrogens is 162 g/mol. The minimum absolute atomic E-state index is 0.333. The molecule has 2 nitrogen and oxygen atoms in total. The second-order valence-corrected chi connectivity index (χ2v) is 3.50. The Labute approximate surface area is 79.5 Å². The molecule has 1 fully saturated rings. The zero-order chi connectivity index (χ0) is 9.68. The Morgan fingerprint density at radius 2 is 1.62 bits per heavy atom. The maximum Gasteiger partial charge on any atom is 0.214 e. The van der Waals surface area contributed by atoms with Gasteiger partial charge in [-0.3, -0.25) is 4.79 Å². The molecule has 0 radical (unpaired) electrons. The van der Waals surface area contributed by atoms with E-state index in [0.717, 1.165) is 0 Å². The molecule has 0 aromatic carbocycles. The summed E-state index contributed by atoms with van der Waals surface area (Å²) in [4.78, 5) is 9.22. The van der Waals surface area contributed by atoms with Gasteiger partial charge in [0.15, 0.2) is 0 Å². The number of carbonyl (C=O) groups is 1. The Balaban J connectivity index is 0.000000184. The van der Waals surface area contributed by atoms with E-state index in [4.69, 9.17) is 0 Å². The lowest BCUT2D eigenvalue weighted by Crippen LogP contribution is -2.01. The van der Waals surface area contributed by atoms with Crippen LogP contribution in [0, 0.1) is 0 Å². The summed E-state index contributed by atoms with van der Waals surface area (Å²) in [5.74, 6) is -0.333. The van der Waals surface area contributed by atoms with Gasteiger partial charge in [0.05, 0.1) is 0 Å². The Hall–Kier alpha value is -1.05. The molecule has 72 valence electrons. The van der Waals surface area contributed by atoms with Crippen LogP contribution in [0.25, 0.3) is 0 Å². The van der Waals surface area contributed by atoms with Crippen LogP contribution < -0.4 is 5.73 Å². The van der Waals surface area contributed by atoms with E-state index in [1.54, 1.807) is 11.1 Å². The second-order valence-electron chi connectivity index (χ2n) is 3.50. The van der Waals surface area contributed by atoms with Gasteiger partial charge in [-0.1, -0.05) is 12.2 Å². The average molecular weight is 179 g/mol. The Bertz CT molecular complexity index is 227. The molecule has 1 amide bonds. The van der Waals surface area contributed by atoms with E-state index in [1.165, 1.54) is 39.0 Å². The van der Waals surface area contributed by atoms with Crippen molar-refractivity contribution in [3.8, 4) is 0 Å². The van der Waals surface area contributed by atoms with Crippen LogP contribution in [0.4, 0.5) is 0 Å². The molecule has 2 aliphatic rings. The standard InChI is InChI=1S/C9H12.C2H5NO/c1-2-5-9-7-3-6-8(9)4-1;1-2(3)4/h4-5H,1-3,6-7H2;1H3,(H2,3,4). The first kappa shape index (κ1) is 10.0. The molecule has 0 unspecified atom stereocenters. The van der Waals surface area contributed by atoms with Gasteiger partial charge in [-0.25, -0.2) is 0 Å². The van der Waals surface area contributed by atoms with Gasteiger partial charge in [0.25, 0.3) is 0 Å². The smallest absolute Gasteiger partial charge is 0.214 e. The summed E-state index contributed by atoms with van der Waals surface area (Å²) >= 11 is 0. The summed E-state index contributed by atoms with van der Waals surface area (Å²) in [5.41, 5.74) is 7.78. The number of fused-ring (bicyclic) bond motifs is 1. The minimum atomic E-state index is -0.333. The summed E-state index contributed by atoms with van der Waals surface area (Å²) in [7, 11) is 0. The summed E-state index contributed by atoms with van der Waals surface area (Å²) in [6.07, 6.45) is 11.5. The van der Waals surface area contributed by atoms with Crippen molar-refractivity contribution >= 4 is 5.91 Å². The number of amides is 1. The molecule has 0 aliphatic heterocycles. The van der Waals surface area contributed by atoms with Crippen molar-refractivity contribution in [3.63, 3.8) is 0 Å². The van der Waals surface area contributed by atoms with Gasteiger partial charge in [0.1, 0.15) is 0 Å². The molecule has 0 aromatic rings. The van der Waals surface area contributed by atoms with Crippen LogP contribution in [0.15, 0.2) is 23.3 Å². The highest BCUT2D eigenvalue weighted by Gasteiger charge is 2.13. The summed E-state index contributed by atoms with van der Waals surface area (Å²) < 4.78 is 0. The van der Waals surface area contributed by atoms with Gasteiger partial charge in [-0.2, -0.15) is 0 Å². The predicted octanol–water partition coefficient (Wildman–Crippen LogP) is 2.31. The monoisotopic (exact) mass is 179 g/mol. The molecule has 0 spiro atoms. The maximum absolute atomic E-state index is 9.22. The van der Waals surface area contributed by atoms with Crippen LogP contribution in [0.1, 0.15) is 39.0 Å². The molecular formula is C11H17NO. The molecule has 2 N–H and O–H groups in total. The number of nitrogens with two attached hydrogens (primary N) is 1. The Morgan fingerprint density at radius 1 is 1.23 bits per heavy atom. The number of rotatable bonds is 0. The molecule has 2 rings (SSSR count). The molecule has 0 atom stereocenters. The zero-order valence-electron chi connectivity index (χ0n) is 8.18. The fourth-order valence-electron chi connectivity index (χ4n) is 1.77. The van der Waals surface area contributed by atoms with Crippen molar-refractivity contribution in [1.29, 1.82) is 0 Å². The number of hydrogen-bond donors (Lipinski definition) is 1. The average Bonchev–Trinajstić information content (AvgIpc) is 2.49. The van der Waals surface area contributed by atoms with Crippen LogP contribution in [0.5, 0.6) is 0 Å². The largest absolute Gasteiger partial charge is 0.370 e. The number of allylic oxidation sites excluding steroid dienone is 4. The van der Waals surface area contributed by atoms with E-state index < -0.39 is 0 Å². The van der Waals surface area contributed by atoms with Crippen LogP contribution in [-0.4, -0.2) is 5.91 Å². The minimum Gasteiger partial charge on any atom is -0.370 e. The van der Waals surface area contributed by atoms with E-state index in [-0.39, 0.29) is 5.91 Å². The van der Waals surface area contributed by atoms with Gasteiger partial charge >= 0.3 is 0 Å². The lowest BCUT2D eigenvalue weighted by atomic mass is 10.0. The van der Waals surface area contributed by atoms with Crippen molar-refractivity contribution in [2.24, 2.45) is 5.73 Å². The third-order valence-electron chi connectivity index (χ3n) is 2.25. The highest BCUT2D eigenvalue weighted by molar-refractivity contribution is 5.70. The van der Waals surface area contributed by atoms with Gasteiger partial charge in [0.2, 0.25) is 5.91 Å². The highest BCUT2D eigenvalue weighted by Crippen LogP contribution is 2.33. The van der Waals surface area contributed by atoms with Crippen molar-refractivity contribution in [3.05, 3.63) is 23.3 Å². The van der Waals surface area contributed by atoms with E-state index in [0.29, 0.717) is 0 Å². The molecule has 1 saturated carbocycles. The third kappa shape index (κ3) is 3.45. The first-order chi connectivity index (χ1) is 6.20. The maximum atomic E-state index is 9.22. The zero-order valence-corrected chi connectivity index (χ0v) is 8.18. The lowest BCUT2D eigenvalue weighted by molar-refractivity contribution is -0.115. The summed E-state index contributed by atoms with van der Waals surface area (Å²) in [6.45, 7) is 1.31. The summed E-state index contributed by atoms with van der Waals surface area (Å²) in [6, 6.07) is 0. The molecule has 13 heavy (non-hydrogen) atoms. The first-order valence-corrected chi connectivity index (χ1v) is 4.84. The lowest BCUT2D eigenvalue weighted by Gasteiger charge is -2.05. The van der Waals surface area contributed by atoms with E-state index in [1.807, 2.05) is 0 Å². The van der Waals surface area contributed by atoms with Crippen LogP contribution in [0.3, 0.4) is 0 Å². The highest BCUT2D eigenvalue weighted by atomic mass is 16.1. The van der Waals surface area contributed by atoms with E-state index in [9.17, 15) is 4.79 Å². The molecule has 0 saturated heterocycles. The number of primary amides is 1. The molecule has 2 heteroatoms. The number of carbonyl (C=O) groups excluding carboxylic acids is 1. The van der Waals surface area contributed by atoms with Gasteiger partial charge in [-0.15, -0.1) is 0 Å². The number of hydrogen-bond acceptors (Lipinski definition) is 1. The van der Waals surface area contributed by atoms with Gasteiger partial charge in [-0.05, 0) is 43.3 Å². The molecule has 0 aromatic heterocycles. The predicted molar refractivity (Wildman–Crippen MR) is 54.1 cm³/mol. The van der Waals surface area contributed by atoms with Crippen molar-refractivity contribution in [2.45, 2.75) is 39.0 Å². The second kappa shape index (κ2) is 4.85. The van der Waals surface area contributed by atoms with Crippen LogP contribution in [-0.2, 0) is 4.79 Å². The Kier molecular flexibility index (Phi) is 3.74. The first-order valence-electron chi connectivity index (χ1n) is 4.84. The van der Waals surface area contributed by atoms with Crippen molar-refractivity contribution < 1.29 is 4.79 Å².